The molecule has 0 saturated carbocycles. The zero-order valence-corrected chi connectivity index (χ0v) is 9.45. The second-order valence-corrected chi connectivity index (χ2v) is 4.02. The Morgan fingerprint density at radius 1 is 1.31 bits per heavy atom. The number of alkyl halides is 1. The Morgan fingerprint density at radius 3 is 2.50 bits per heavy atom. The van der Waals surface area contributed by atoms with Gasteiger partial charge in [0.2, 0.25) is 0 Å². The maximum absolute atomic E-state index is 13.6. The van der Waals surface area contributed by atoms with Crippen LogP contribution in [0, 0.1) is 6.92 Å². The van der Waals surface area contributed by atoms with E-state index in [1.165, 1.54) is 0 Å². The van der Waals surface area contributed by atoms with Gasteiger partial charge >= 0.3 is 5.97 Å². The third-order valence-corrected chi connectivity index (χ3v) is 2.54. The molecule has 0 radical (unpaired) electrons. The molecular weight excluding hydrogens is 207 g/mol. The van der Waals surface area contributed by atoms with Crippen molar-refractivity contribution in [1.82, 2.24) is 0 Å². The number of hydrogen-bond acceptors (Lipinski definition) is 1. The van der Waals surface area contributed by atoms with E-state index in [2.05, 4.69) is 0 Å². The summed E-state index contributed by atoms with van der Waals surface area (Å²) in [5.41, 5.74) is 1.79. The van der Waals surface area contributed by atoms with Crippen molar-refractivity contribution in [3.05, 3.63) is 35.4 Å². The summed E-state index contributed by atoms with van der Waals surface area (Å²) in [6, 6.07) is 7.35. The summed E-state index contributed by atoms with van der Waals surface area (Å²) in [6.07, 6.45) is 0.703. The number of carboxylic acid groups (broad SMARTS) is 1. The first-order valence-electron chi connectivity index (χ1n) is 5.52. The van der Waals surface area contributed by atoms with E-state index in [0.29, 0.717) is 24.8 Å². The Labute approximate surface area is 95.1 Å². The molecule has 0 aromatic heterocycles. The van der Waals surface area contributed by atoms with Gasteiger partial charge in [-0.2, -0.15) is 0 Å². The highest BCUT2D eigenvalue weighted by Crippen LogP contribution is 2.23. The second kappa shape index (κ2) is 6.26. The largest absolute Gasteiger partial charge is 0.481 e. The molecule has 3 heteroatoms. The molecule has 1 rings (SSSR count). The van der Waals surface area contributed by atoms with Gasteiger partial charge in [-0.05, 0) is 31.7 Å². The average Bonchev–Trinajstić information content (AvgIpc) is 2.25. The smallest absolute Gasteiger partial charge is 0.303 e. The molecule has 2 nitrogen and oxygen atoms in total. The molecule has 0 aliphatic heterocycles. The van der Waals surface area contributed by atoms with Crippen LogP contribution in [0.5, 0.6) is 0 Å². The van der Waals surface area contributed by atoms with Crippen molar-refractivity contribution < 1.29 is 14.3 Å². The molecule has 0 aliphatic carbocycles. The Kier molecular flexibility index (Phi) is 4.96. The number of carbonyl (C=O) groups is 1. The van der Waals surface area contributed by atoms with Gasteiger partial charge in [-0.15, -0.1) is 0 Å². The van der Waals surface area contributed by atoms with Crippen LogP contribution in [-0.4, -0.2) is 11.1 Å². The zero-order valence-electron chi connectivity index (χ0n) is 9.45. The standard InChI is InChI=1S/C13H17FO2/c1-10-6-8-11(9-7-10)12(14)4-2-3-5-13(15)16/h6-9,12H,2-5H2,1H3,(H,15,16). The molecule has 1 atom stereocenters. The highest BCUT2D eigenvalue weighted by molar-refractivity contribution is 5.66. The first kappa shape index (κ1) is 12.7. The van der Waals surface area contributed by atoms with Crippen molar-refractivity contribution in [1.29, 1.82) is 0 Å². The number of benzene rings is 1. The van der Waals surface area contributed by atoms with E-state index in [4.69, 9.17) is 5.11 Å². The van der Waals surface area contributed by atoms with Gasteiger partial charge in [-0.1, -0.05) is 29.8 Å². The predicted molar refractivity (Wildman–Crippen MR) is 61.1 cm³/mol. The minimum atomic E-state index is -0.977. The highest BCUT2D eigenvalue weighted by Gasteiger charge is 2.09. The zero-order chi connectivity index (χ0) is 12.0. The topological polar surface area (TPSA) is 37.3 Å². The number of rotatable bonds is 6. The van der Waals surface area contributed by atoms with E-state index >= 15 is 0 Å². The van der Waals surface area contributed by atoms with Crippen molar-refractivity contribution >= 4 is 5.97 Å². The monoisotopic (exact) mass is 224 g/mol. The summed E-state index contributed by atoms with van der Waals surface area (Å²) < 4.78 is 13.6. The molecule has 1 aromatic rings. The fraction of sp³-hybridized carbons (Fsp3) is 0.462. The van der Waals surface area contributed by atoms with E-state index in [9.17, 15) is 9.18 Å². The molecule has 16 heavy (non-hydrogen) atoms. The van der Waals surface area contributed by atoms with E-state index < -0.39 is 12.1 Å². The molecule has 0 saturated heterocycles. The van der Waals surface area contributed by atoms with Gasteiger partial charge in [0, 0.05) is 6.42 Å². The van der Waals surface area contributed by atoms with Crippen molar-refractivity contribution in [2.75, 3.05) is 0 Å². The van der Waals surface area contributed by atoms with Crippen LogP contribution in [0.3, 0.4) is 0 Å². The van der Waals surface area contributed by atoms with Crippen LogP contribution in [0.4, 0.5) is 4.39 Å². The SMILES string of the molecule is Cc1ccc(C(F)CCCCC(=O)O)cc1. The molecule has 0 amide bonds. The molecule has 1 aromatic carbocycles. The van der Waals surface area contributed by atoms with Crippen molar-refractivity contribution in [3.8, 4) is 0 Å². The molecular formula is C13H17FO2. The number of aryl methyl sites for hydroxylation is 1. The van der Waals surface area contributed by atoms with Gasteiger partial charge in [0.05, 0.1) is 0 Å². The van der Waals surface area contributed by atoms with Crippen molar-refractivity contribution in [2.45, 2.75) is 38.8 Å². The maximum atomic E-state index is 13.6. The number of carboxylic acids is 1. The average molecular weight is 224 g/mol. The van der Waals surface area contributed by atoms with Crippen LogP contribution in [0.2, 0.25) is 0 Å². The third-order valence-electron chi connectivity index (χ3n) is 2.54. The molecule has 88 valence electrons. The fourth-order valence-corrected chi connectivity index (χ4v) is 1.54. The van der Waals surface area contributed by atoms with Gasteiger partial charge in [-0.3, -0.25) is 4.79 Å². The fourth-order valence-electron chi connectivity index (χ4n) is 1.54. The molecule has 0 bridgehead atoms. The molecule has 0 heterocycles. The number of hydrogen-bond donors (Lipinski definition) is 1. The summed E-state index contributed by atoms with van der Waals surface area (Å²) in [5.74, 6) is -0.814. The van der Waals surface area contributed by atoms with Crippen LogP contribution in [0.15, 0.2) is 24.3 Å². The van der Waals surface area contributed by atoms with Crippen molar-refractivity contribution in [3.63, 3.8) is 0 Å². The highest BCUT2D eigenvalue weighted by atomic mass is 19.1. The van der Waals surface area contributed by atoms with E-state index in [0.717, 1.165) is 5.56 Å². The summed E-state index contributed by atoms with van der Waals surface area (Å²) in [7, 11) is 0. The van der Waals surface area contributed by atoms with E-state index in [1.54, 1.807) is 12.1 Å². The van der Waals surface area contributed by atoms with Crippen LogP contribution < -0.4 is 0 Å². The van der Waals surface area contributed by atoms with Gasteiger partial charge in [0.25, 0.3) is 0 Å². The summed E-state index contributed by atoms with van der Waals surface area (Å²) in [4.78, 5) is 10.3. The lowest BCUT2D eigenvalue weighted by Crippen LogP contribution is -1.96. The van der Waals surface area contributed by atoms with E-state index in [1.807, 2.05) is 19.1 Å². The van der Waals surface area contributed by atoms with Crippen molar-refractivity contribution in [2.24, 2.45) is 0 Å². The second-order valence-electron chi connectivity index (χ2n) is 4.02. The van der Waals surface area contributed by atoms with Crippen LogP contribution in [0.1, 0.15) is 43.0 Å². The lowest BCUT2D eigenvalue weighted by Gasteiger charge is -2.08. The molecule has 1 N–H and O–H groups in total. The maximum Gasteiger partial charge on any atom is 0.303 e. The Bertz CT molecular complexity index is 332. The predicted octanol–water partition coefficient (Wildman–Crippen LogP) is 3.65. The van der Waals surface area contributed by atoms with Crippen LogP contribution >= 0.6 is 0 Å². The van der Waals surface area contributed by atoms with Crippen LogP contribution in [0.25, 0.3) is 0 Å². The Hall–Kier alpha value is -1.38. The molecule has 0 fully saturated rings. The Morgan fingerprint density at radius 2 is 1.94 bits per heavy atom. The quantitative estimate of drug-likeness (QED) is 0.749. The minimum Gasteiger partial charge on any atom is -0.481 e. The lowest BCUT2D eigenvalue weighted by molar-refractivity contribution is -0.137. The Balaban J connectivity index is 2.32. The van der Waals surface area contributed by atoms with Gasteiger partial charge < -0.3 is 5.11 Å². The summed E-state index contributed by atoms with van der Waals surface area (Å²) in [5, 5.41) is 8.43. The third kappa shape index (κ3) is 4.43. The first-order valence-corrected chi connectivity index (χ1v) is 5.52. The number of aliphatic carboxylic acids is 1. The lowest BCUT2D eigenvalue weighted by atomic mass is 10.0. The summed E-state index contributed by atoms with van der Waals surface area (Å²) >= 11 is 0. The molecule has 0 aliphatic rings. The van der Waals surface area contributed by atoms with Gasteiger partial charge in [-0.25, -0.2) is 4.39 Å². The minimum absolute atomic E-state index is 0.126. The first-order chi connectivity index (χ1) is 7.59. The molecule has 0 spiro atoms. The number of unbranched alkanes of at least 4 members (excludes halogenated alkanes) is 1. The van der Waals surface area contributed by atoms with Gasteiger partial charge in [0.1, 0.15) is 6.17 Å². The number of halogens is 1. The summed E-state index contributed by atoms with van der Waals surface area (Å²) in [6.45, 7) is 1.96. The van der Waals surface area contributed by atoms with Gasteiger partial charge in [0.15, 0.2) is 0 Å². The van der Waals surface area contributed by atoms with Crippen LogP contribution in [-0.2, 0) is 4.79 Å². The normalized spacial score (nSPS) is 12.4. The van der Waals surface area contributed by atoms with E-state index in [-0.39, 0.29) is 6.42 Å². The molecule has 1 unspecified atom stereocenters.